The molecule has 92 valence electrons. The zero-order valence-corrected chi connectivity index (χ0v) is 11.4. The summed E-state index contributed by atoms with van der Waals surface area (Å²) < 4.78 is 0. The average Bonchev–Trinajstić information content (AvgIpc) is 2.27. The molecule has 0 unspecified atom stereocenters. The lowest BCUT2D eigenvalue weighted by Gasteiger charge is -2.11. The summed E-state index contributed by atoms with van der Waals surface area (Å²) in [6.07, 6.45) is 0. The van der Waals surface area contributed by atoms with Crippen LogP contribution in [0, 0.1) is 27.7 Å². The van der Waals surface area contributed by atoms with E-state index >= 15 is 0 Å². The third-order valence-electron chi connectivity index (χ3n) is 3.29. The van der Waals surface area contributed by atoms with E-state index in [2.05, 4.69) is 19.1 Å². The summed E-state index contributed by atoms with van der Waals surface area (Å²) in [6, 6.07) is 11.9. The lowest BCUT2D eigenvalue weighted by Crippen LogP contribution is -2.08. The Morgan fingerprint density at radius 1 is 0.833 bits per heavy atom. The van der Waals surface area contributed by atoms with Gasteiger partial charge in [0.25, 0.3) is 0 Å². The van der Waals surface area contributed by atoms with Crippen LogP contribution in [-0.2, 0) is 0 Å². The second-order valence-electron chi connectivity index (χ2n) is 4.92. The van der Waals surface area contributed by atoms with Crippen LogP contribution in [0.1, 0.15) is 38.2 Å². The Hall–Kier alpha value is -1.89. The Morgan fingerprint density at radius 3 is 1.94 bits per heavy atom. The minimum atomic E-state index is 0.128. The minimum Gasteiger partial charge on any atom is -0.289 e. The number of aryl methyl sites for hydroxylation is 4. The molecule has 0 aromatic heterocycles. The van der Waals surface area contributed by atoms with E-state index in [1.165, 1.54) is 5.56 Å². The molecular formula is C17H18O. The fourth-order valence-electron chi connectivity index (χ4n) is 2.50. The number of carbonyl (C=O) groups excluding carboxylic acids is 1. The van der Waals surface area contributed by atoms with Crippen molar-refractivity contribution in [1.82, 2.24) is 0 Å². The Labute approximate surface area is 108 Å². The first-order valence-electron chi connectivity index (χ1n) is 6.19. The SMILES string of the molecule is Cc1cc(C)c(C(=O)c2ccccc2C)c(C)c1. The molecule has 1 nitrogen and oxygen atoms in total. The van der Waals surface area contributed by atoms with Crippen molar-refractivity contribution in [3.63, 3.8) is 0 Å². The van der Waals surface area contributed by atoms with Crippen molar-refractivity contribution < 1.29 is 4.79 Å². The second kappa shape index (κ2) is 4.77. The standard InChI is InChI=1S/C17H18O/c1-11-9-13(3)16(14(4)10-11)17(18)15-8-6-5-7-12(15)2/h5-10H,1-4H3. The molecule has 0 aliphatic heterocycles. The van der Waals surface area contributed by atoms with Crippen molar-refractivity contribution in [2.45, 2.75) is 27.7 Å². The normalized spacial score (nSPS) is 10.4. The van der Waals surface area contributed by atoms with Crippen LogP contribution >= 0.6 is 0 Å². The number of ketones is 1. The van der Waals surface area contributed by atoms with Gasteiger partial charge >= 0.3 is 0 Å². The van der Waals surface area contributed by atoms with Gasteiger partial charge in [0, 0.05) is 11.1 Å². The van der Waals surface area contributed by atoms with Crippen LogP contribution in [0.25, 0.3) is 0 Å². The van der Waals surface area contributed by atoms with Crippen molar-refractivity contribution in [1.29, 1.82) is 0 Å². The summed E-state index contributed by atoms with van der Waals surface area (Å²) in [6.45, 7) is 8.05. The van der Waals surface area contributed by atoms with Crippen LogP contribution in [-0.4, -0.2) is 5.78 Å². The summed E-state index contributed by atoms with van der Waals surface area (Å²) in [5.74, 6) is 0.128. The molecule has 0 saturated heterocycles. The average molecular weight is 238 g/mol. The number of carbonyl (C=O) groups is 1. The molecule has 1 heteroatoms. The Morgan fingerprint density at radius 2 is 1.39 bits per heavy atom. The molecule has 0 aliphatic rings. The van der Waals surface area contributed by atoms with Crippen LogP contribution in [0.15, 0.2) is 36.4 Å². The Balaban J connectivity index is 2.57. The molecule has 0 heterocycles. The highest BCUT2D eigenvalue weighted by Crippen LogP contribution is 2.21. The predicted molar refractivity (Wildman–Crippen MR) is 75.3 cm³/mol. The van der Waals surface area contributed by atoms with Gasteiger partial charge in [0.15, 0.2) is 5.78 Å². The minimum absolute atomic E-state index is 0.128. The zero-order chi connectivity index (χ0) is 13.3. The molecule has 0 fully saturated rings. The molecular weight excluding hydrogens is 220 g/mol. The fraction of sp³-hybridized carbons (Fsp3) is 0.235. The predicted octanol–water partition coefficient (Wildman–Crippen LogP) is 4.15. The van der Waals surface area contributed by atoms with E-state index in [0.29, 0.717) is 0 Å². The van der Waals surface area contributed by atoms with Crippen LogP contribution in [0.2, 0.25) is 0 Å². The first-order valence-corrected chi connectivity index (χ1v) is 6.19. The molecule has 0 radical (unpaired) electrons. The second-order valence-corrected chi connectivity index (χ2v) is 4.92. The maximum absolute atomic E-state index is 12.6. The number of rotatable bonds is 2. The van der Waals surface area contributed by atoms with Gasteiger partial charge in [-0.1, -0.05) is 42.0 Å². The van der Waals surface area contributed by atoms with Gasteiger partial charge in [-0.25, -0.2) is 0 Å². The number of hydrogen-bond acceptors (Lipinski definition) is 1. The van der Waals surface area contributed by atoms with Crippen molar-refractivity contribution in [2.24, 2.45) is 0 Å². The highest BCUT2D eigenvalue weighted by atomic mass is 16.1. The van der Waals surface area contributed by atoms with Gasteiger partial charge in [-0.2, -0.15) is 0 Å². The molecule has 0 N–H and O–H groups in total. The van der Waals surface area contributed by atoms with Crippen LogP contribution in [0.5, 0.6) is 0 Å². The molecule has 0 saturated carbocycles. The van der Waals surface area contributed by atoms with E-state index in [1.54, 1.807) is 0 Å². The van der Waals surface area contributed by atoms with E-state index in [1.807, 2.05) is 45.0 Å². The van der Waals surface area contributed by atoms with Gasteiger partial charge in [-0.3, -0.25) is 4.79 Å². The summed E-state index contributed by atoms with van der Waals surface area (Å²) in [5, 5.41) is 0. The molecule has 0 atom stereocenters. The van der Waals surface area contributed by atoms with Crippen LogP contribution in [0.3, 0.4) is 0 Å². The molecule has 0 aliphatic carbocycles. The van der Waals surface area contributed by atoms with Gasteiger partial charge < -0.3 is 0 Å². The van der Waals surface area contributed by atoms with Gasteiger partial charge in [-0.05, 0) is 44.4 Å². The van der Waals surface area contributed by atoms with Crippen molar-refractivity contribution in [3.05, 3.63) is 69.8 Å². The van der Waals surface area contributed by atoms with E-state index in [4.69, 9.17) is 0 Å². The van der Waals surface area contributed by atoms with E-state index in [9.17, 15) is 4.79 Å². The maximum atomic E-state index is 12.6. The van der Waals surface area contributed by atoms with Crippen LogP contribution < -0.4 is 0 Å². The summed E-state index contributed by atoms with van der Waals surface area (Å²) >= 11 is 0. The van der Waals surface area contributed by atoms with Gasteiger partial charge in [-0.15, -0.1) is 0 Å². The fourth-order valence-corrected chi connectivity index (χ4v) is 2.50. The monoisotopic (exact) mass is 238 g/mol. The summed E-state index contributed by atoms with van der Waals surface area (Å²) in [5.41, 5.74) is 5.98. The van der Waals surface area contributed by atoms with Gasteiger partial charge in [0.2, 0.25) is 0 Å². The lowest BCUT2D eigenvalue weighted by molar-refractivity contribution is 0.103. The topological polar surface area (TPSA) is 17.1 Å². The van der Waals surface area contributed by atoms with Crippen molar-refractivity contribution in [3.8, 4) is 0 Å². The third kappa shape index (κ3) is 2.21. The lowest BCUT2D eigenvalue weighted by atomic mass is 9.91. The maximum Gasteiger partial charge on any atom is 0.193 e. The smallest absolute Gasteiger partial charge is 0.193 e. The molecule has 2 aromatic rings. The van der Waals surface area contributed by atoms with E-state index in [0.717, 1.165) is 27.8 Å². The third-order valence-corrected chi connectivity index (χ3v) is 3.29. The Bertz CT molecular complexity index is 586. The quantitative estimate of drug-likeness (QED) is 0.718. The molecule has 0 spiro atoms. The highest BCUT2D eigenvalue weighted by molar-refractivity contribution is 6.11. The van der Waals surface area contributed by atoms with Crippen molar-refractivity contribution in [2.75, 3.05) is 0 Å². The van der Waals surface area contributed by atoms with Gasteiger partial charge in [0.05, 0.1) is 0 Å². The number of benzene rings is 2. The zero-order valence-electron chi connectivity index (χ0n) is 11.4. The Kier molecular flexibility index (Phi) is 3.33. The van der Waals surface area contributed by atoms with Crippen LogP contribution in [0.4, 0.5) is 0 Å². The van der Waals surface area contributed by atoms with E-state index < -0.39 is 0 Å². The summed E-state index contributed by atoms with van der Waals surface area (Å²) in [4.78, 5) is 12.6. The molecule has 0 amide bonds. The molecule has 0 bridgehead atoms. The molecule has 18 heavy (non-hydrogen) atoms. The first-order chi connectivity index (χ1) is 8.50. The van der Waals surface area contributed by atoms with Gasteiger partial charge in [0.1, 0.15) is 0 Å². The highest BCUT2D eigenvalue weighted by Gasteiger charge is 2.16. The largest absolute Gasteiger partial charge is 0.289 e. The van der Waals surface area contributed by atoms with E-state index in [-0.39, 0.29) is 5.78 Å². The van der Waals surface area contributed by atoms with Crippen molar-refractivity contribution >= 4 is 5.78 Å². The molecule has 2 aromatic carbocycles. The molecule has 2 rings (SSSR count). The summed E-state index contributed by atoms with van der Waals surface area (Å²) in [7, 11) is 0. The number of hydrogen-bond donors (Lipinski definition) is 0. The first kappa shape index (κ1) is 12.6.